The summed E-state index contributed by atoms with van der Waals surface area (Å²) in [4.78, 5) is 8.56. The molecule has 0 saturated carbocycles. The van der Waals surface area contributed by atoms with Crippen LogP contribution in [0.15, 0.2) is 36.8 Å². The average molecular weight is 325 g/mol. The van der Waals surface area contributed by atoms with E-state index in [2.05, 4.69) is 20.4 Å². The number of nitrogens with zero attached hydrogens (tertiary/aromatic N) is 4. The average Bonchev–Trinajstić information content (AvgIpc) is 3.24. The summed E-state index contributed by atoms with van der Waals surface area (Å²) in [5.41, 5.74) is 1.70. The van der Waals surface area contributed by atoms with Crippen molar-refractivity contribution >= 4 is 22.5 Å². The Bertz CT molecular complexity index is 842. The van der Waals surface area contributed by atoms with Gasteiger partial charge >= 0.3 is 0 Å². The molecule has 1 aliphatic rings. The summed E-state index contributed by atoms with van der Waals surface area (Å²) < 4.78 is 13.2. The van der Waals surface area contributed by atoms with E-state index in [0.717, 1.165) is 47.7 Å². The molecule has 24 heavy (non-hydrogen) atoms. The van der Waals surface area contributed by atoms with Crippen LogP contribution in [-0.2, 0) is 11.8 Å². The van der Waals surface area contributed by atoms with E-state index >= 15 is 0 Å². The molecule has 0 radical (unpaired) electrons. The second kappa shape index (κ2) is 6.45. The molecule has 1 atom stereocenters. The smallest absolute Gasteiger partial charge is 0.163 e. The Balaban J connectivity index is 1.50. The number of anilines is 2. The molecule has 7 nitrogen and oxygen atoms in total. The lowest BCUT2D eigenvalue weighted by Gasteiger charge is -2.13. The molecule has 1 aromatic carbocycles. The van der Waals surface area contributed by atoms with Crippen LogP contribution in [0.1, 0.15) is 12.8 Å². The fourth-order valence-corrected chi connectivity index (χ4v) is 2.83. The summed E-state index contributed by atoms with van der Waals surface area (Å²) in [7, 11) is 1.86. The van der Waals surface area contributed by atoms with E-state index < -0.39 is 0 Å². The van der Waals surface area contributed by atoms with Crippen molar-refractivity contribution in [2.24, 2.45) is 7.05 Å². The number of rotatable bonds is 5. The Morgan fingerprint density at radius 1 is 1.38 bits per heavy atom. The molecular weight excluding hydrogens is 306 g/mol. The zero-order valence-corrected chi connectivity index (χ0v) is 13.5. The van der Waals surface area contributed by atoms with Crippen LogP contribution in [0, 0.1) is 0 Å². The van der Waals surface area contributed by atoms with Crippen molar-refractivity contribution < 1.29 is 9.47 Å². The molecule has 0 unspecified atom stereocenters. The maximum absolute atomic E-state index is 5.85. The van der Waals surface area contributed by atoms with Gasteiger partial charge in [-0.2, -0.15) is 5.10 Å². The minimum atomic E-state index is 0.207. The molecule has 0 amide bonds. The van der Waals surface area contributed by atoms with Gasteiger partial charge in [-0.3, -0.25) is 4.68 Å². The van der Waals surface area contributed by atoms with Crippen molar-refractivity contribution in [3.05, 3.63) is 36.8 Å². The van der Waals surface area contributed by atoms with E-state index in [1.54, 1.807) is 10.9 Å². The number of nitrogens with one attached hydrogen (secondary N) is 1. The normalized spacial score (nSPS) is 17.3. The van der Waals surface area contributed by atoms with Crippen LogP contribution in [0.3, 0.4) is 0 Å². The summed E-state index contributed by atoms with van der Waals surface area (Å²) in [5, 5.41) is 8.42. The van der Waals surface area contributed by atoms with Gasteiger partial charge < -0.3 is 14.8 Å². The van der Waals surface area contributed by atoms with Gasteiger partial charge in [0.05, 0.1) is 17.7 Å². The number of hydrogen-bond acceptors (Lipinski definition) is 6. The Hall–Kier alpha value is -2.67. The first-order valence-electron chi connectivity index (χ1n) is 8.04. The highest BCUT2D eigenvalue weighted by Gasteiger charge is 2.16. The Labute approximate surface area is 139 Å². The second-order valence-electron chi connectivity index (χ2n) is 5.83. The molecule has 0 aliphatic carbocycles. The van der Waals surface area contributed by atoms with E-state index in [-0.39, 0.29) is 6.10 Å². The number of aromatic nitrogens is 4. The molecule has 0 spiro atoms. The Morgan fingerprint density at radius 3 is 3.21 bits per heavy atom. The highest BCUT2D eigenvalue weighted by atomic mass is 16.5. The fraction of sp³-hybridized carbons (Fsp3) is 0.353. The Morgan fingerprint density at radius 2 is 2.33 bits per heavy atom. The van der Waals surface area contributed by atoms with Crippen molar-refractivity contribution in [2.45, 2.75) is 18.9 Å². The van der Waals surface area contributed by atoms with Crippen LogP contribution < -0.4 is 10.1 Å². The summed E-state index contributed by atoms with van der Waals surface area (Å²) in [6, 6.07) is 7.83. The molecule has 1 aliphatic heterocycles. The third-order valence-corrected chi connectivity index (χ3v) is 4.09. The van der Waals surface area contributed by atoms with Crippen LogP contribution in [0.25, 0.3) is 11.0 Å². The van der Waals surface area contributed by atoms with E-state index in [1.807, 2.05) is 31.3 Å². The molecule has 1 fully saturated rings. The first kappa shape index (κ1) is 14.9. The molecule has 3 heterocycles. The lowest BCUT2D eigenvalue weighted by Crippen LogP contribution is -2.16. The van der Waals surface area contributed by atoms with Crippen molar-refractivity contribution in [3.63, 3.8) is 0 Å². The number of hydrogen-bond donors (Lipinski definition) is 1. The first-order chi connectivity index (χ1) is 11.8. The predicted octanol–water partition coefficient (Wildman–Crippen LogP) is 2.66. The molecule has 1 saturated heterocycles. The van der Waals surface area contributed by atoms with E-state index in [0.29, 0.717) is 6.61 Å². The minimum Gasteiger partial charge on any atom is -0.491 e. The third kappa shape index (κ3) is 3.03. The van der Waals surface area contributed by atoms with Crippen molar-refractivity contribution in [3.8, 4) is 5.75 Å². The molecule has 124 valence electrons. The second-order valence-corrected chi connectivity index (χ2v) is 5.83. The van der Waals surface area contributed by atoms with E-state index in [1.165, 1.54) is 6.33 Å². The van der Waals surface area contributed by atoms with Crippen LogP contribution in [-0.4, -0.2) is 39.1 Å². The van der Waals surface area contributed by atoms with Gasteiger partial charge in [-0.05, 0) is 25.0 Å². The van der Waals surface area contributed by atoms with Gasteiger partial charge in [-0.1, -0.05) is 6.07 Å². The zero-order valence-electron chi connectivity index (χ0n) is 13.5. The number of ether oxygens (including phenoxy) is 2. The highest BCUT2D eigenvalue weighted by Crippen LogP contribution is 2.25. The van der Waals surface area contributed by atoms with Gasteiger partial charge in [-0.25, -0.2) is 9.97 Å². The van der Waals surface area contributed by atoms with Crippen LogP contribution >= 0.6 is 0 Å². The lowest BCUT2D eigenvalue weighted by atomic mass is 10.2. The largest absolute Gasteiger partial charge is 0.491 e. The molecule has 3 aromatic rings. The van der Waals surface area contributed by atoms with Crippen LogP contribution in [0.5, 0.6) is 5.75 Å². The third-order valence-electron chi connectivity index (χ3n) is 4.09. The topological polar surface area (TPSA) is 74.1 Å². The Kier molecular flexibility index (Phi) is 4.00. The number of aryl methyl sites for hydroxylation is 1. The summed E-state index contributed by atoms with van der Waals surface area (Å²) in [6.07, 6.45) is 5.68. The summed E-state index contributed by atoms with van der Waals surface area (Å²) in [5.74, 6) is 1.54. The molecule has 7 heteroatoms. The van der Waals surface area contributed by atoms with Gasteiger partial charge in [0, 0.05) is 25.4 Å². The molecular formula is C17H19N5O2. The molecule has 1 N–H and O–H groups in total. The summed E-state index contributed by atoms with van der Waals surface area (Å²) in [6.45, 7) is 1.42. The van der Waals surface area contributed by atoms with Gasteiger partial charge in [0.25, 0.3) is 0 Å². The van der Waals surface area contributed by atoms with Gasteiger partial charge in [0.15, 0.2) is 5.65 Å². The van der Waals surface area contributed by atoms with Gasteiger partial charge in [-0.15, -0.1) is 0 Å². The fourth-order valence-electron chi connectivity index (χ4n) is 2.83. The molecule has 0 bridgehead atoms. The maximum atomic E-state index is 5.85. The maximum Gasteiger partial charge on any atom is 0.163 e. The first-order valence-corrected chi connectivity index (χ1v) is 8.04. The van der Waals surface area contributed by atoms with E-state index in [9.17, 15) is 0 Å². The molecule has 4 rings (SSSR count). The zero-order chi connectivity index (χ0) is 16.4. The van der Waals surface area contributed by atoms with E-state index in [4.69, 9.17) is 9.47 Å². The van der Waals surface area contributed by atoms with Crippen molar-refractivity contribution in [1.29, 1.82) is 0 Å². The highest BCUT2D eigenvalue weighted by molar-refractivity contribution is 5.88. The SMILES string of the molecule is Cn1ncc2c(Nc3cccc(OC[C@@H]4CCCO4)c3)ncnc21. The van der Waals surface area contributed by atoms with Gasteiger partial charge in [0.2, 0.25) is 0 Å². The minimum absolute atomic E-state index is 0.207. The van der Waals surface area contributed by atoms with Crippen molar-refractivity contribution in [1.82, 2.24) is 19.7 Å². The standard InChI is InChI=1S/C17H19N5O2/c1-22-17-15(9-20-22)16(18-11-19-17)21-12-4-2-5-13(8-12)24-10-14-6-3-7-23-14/h2,4-5,8-9,11,14H,3,6-7,10H2,1H3,(H,18,19,21)/t14-/m0/s1. The van der Waals surface area contributed by atoms with Crippen LogP contribution in [0.2, 0.25) is 0 Å². The van der Waals surface area contributed by atoms with Crippen molar-refractivity contribution in [2.75, 3.05) is 18.5 Å². The monoisotopic (exact) mass is 325 g/mol. The van der Waals surface area contributed by atoms with Gasteiger partial charge in [0.1, 0.15) is 24.5 Å². The summed E-state index contributed by atoms with van der Waals surface area (Å²) >= 11 is 0. The number of fused-ring (bicyclic) bond motifs is 1. The lowest BCUT2D eigenvalue weighted by molar-refractivity contribution is 0.0680. The van der Waals surface area contributed by atoms with Crippen LogP contribution in [0.4, 0.5) is 11.5 Å². The molecule has 2 aromatic heterocycles. The quantitative estimate of drug-likeness (QED) is 0.777. The number of benzene rings is 1. The predicted molar refractivity (Wildman–Crippen MR) is 90.5 cm³/mol.